The summed E-state index contributed by atoms with van der Waals surface area (Å²) in [6, 6.07) is 0. The van der Waals surface area contributed by atoms with E-state index in [-0.39, 0.29) is 0 Å². The van der Waals surface area contributed by atoms with Gasteiger partial charge in [-0.05, 0) is 12.8 Å². The van der Waals surface area contributed by atoms with Crippen LogP contribution in [0.5, 0.6) is 0 Å². The van der Waals surface area contributed by atoms with Gasteiger partial charge in [0.15, 0.2) is 12.0 Å². The maximum atomic E-state index is 4.82. The fourth-order valence-corrected chi connectivity index (χ4v) is 0.991. The van der Waals surface area contributed by atoms with Gasteiger partial charge in [0.05, 0.1) is 0 Å². The van der Waals surface area contributed by atoms with Gasteiger partial charge in [-0.3, -0.25) is 0 Å². The van der Waals surface area contributed by atoms with E-state index in [9.17, 15) is 0 Å². The predicted molar refractivity (Wildman–Crippen MR) is 29.7 cm³/mol. The summed E-state index contributed by atoms with van der Waals surface area (Å²) in [7, 11) is 0. The Morgan fingerprint density at radius 1 is 1.56 bits per heavy atom. The van der Waals surface area contributed by atoms with Gasteiger partial charge in [-0.25, -0.2) is 0 Å². The Morgan fingerprint density at radius 2 is 2.44 bits per heavy atom. The summed E-state index contributed by atoms with van der Waals surface area (Å²) in [6.07, 6.45) is 6.45. The van der Waals surface area contributed by atoms with Crippen LogP contribution in [0.25, 0.3) is 0 Å². The zero-order chi connectivity index (χ0) is 6.10. The molecule has 0 aromatic carbocycles. The second-order valence-electron chi connectivity index (χ2n) is 2.38. The van der Waals surface area contributed by atoms with Crippen molar-refractivity contribution in [3.05, 3.63) is 12.0 Å². The Bertz CT molecular complexity index is 179. The highest BCUT2D eigenvalue weighted by atomic mass is 16.5. The van der Waals surface area contributed by atoms with Crippen molar-refractivity contribution in [1.82, 2.24) is 10.4 Å². The highest BCUT2D eigenvalue weighted by Gasteiger charge is 2.23. The highest BCUT2D eigenvalue weighted by molar-refractivity contribution is 4.99. The number of nitrogens with zero attached hydrogens (tertiary/aromatic N) is 2. The van der Waals surface area contributed by atoms with Crippen molar-refractivity contribution >= 4 is 0 Å². The van der Waals surface area contributed by atoms with Crippen molar-refractivity contribution < 1.29 is 4.52 Å². The average Bonchev–Trinajstić information content (AvgIpc) is 2.11. The lowest BCUT2D eigenvalue weighted by molar-refractivity contribution is 0.292. The first-order valence-electron chi connectivity index (χ1n) is 3.17. The van der Waals surface area contributed by atoms with Crippen molar-refractivity contribution in [2.75, 3.05) is 0 Å². The van der Waals surface area contributed by atoms with E-state index in [1.165, 1.54) is 19.3 Å². The number of hydrogen-bond donors (Lipinski definition) is 0. The Balaban J connectivity index is 2.14. The molecule has 0 atom stereocenters. The van der Waals surface area contributed by atoms with Crippen LogP contribution < -0.4 is 0 Å². The largest absolute Gasteiger partial charge is 0.341 e. The van der Waals surface area contributed by atoms with E-state index >= 15 is 0 Å². The summed E-state index contributed by atoms with van der Waals surface area (Å²) >= 11 is 0. The van der Waals surface area contributed by atoms with Crippen LogP contribution in [0.1, 0.15) is 30.9 Å². The highest BCUT2D eigenvalue weighted by Crippen LogP contribution is 2.35. The molecule has 1 saturated carbocycles. The van der Waals surface area contributed by atoms with Crippen molar-refractivity contribution in [2.45, 2.75) is 25.2 Å². The second-order valence-corrected chi connectivity index (χ2v) is 2.38. The molecule has 1 aromatic heterocycles. The molecule has 1 aliphatic carbocycles. The topological polar surface area (TPSA) is 38.9 Å². The number of rotatable bonds is 1. The summed E-state index contributed by atoms with van der Waals surface area (Å²) in [4.78, 5) is 0. The van der Waals surface area contributed by atoms with E-state index in [0.29, 0.717) is 5.92 Å². The van der Waals surface area contributed by atoms with Crippen LogP contribution in [0, 0.1) is 6.20 Å². The molecule has 1 radical (unpaired) electrons. The zero-order valence-electron chi connectivity index (χ0n) is 5.00. The zero-order valence-corrected chi connectivity index (χ0v) is 5.00. The summed E-state index contributed by atoms with van der Waals surface area (Å²) < 4.78 is 4.82. The minimum Gasteiger partial charge on any atom is -0.341 e. The molecule has 0 aliphatic heterocycles. The first kappa shape index (κ1) is 4.97. The molecule has 2 rings (SSSR count). The van der Waals surface area contributed by atoms with E-state index in [0.717, 1.165) is 5.76 Å². The van der Waals surface area contributed by atoms with Gasteiger partial charge in [0.2, 0.25) is 0 Å². The van der Waals surface area contributed by atoms with Gasteiger partial charge in [0, 0.05) is 11.2 Å². The van der Waals surface area contributed by atoms with E-state index in [4.69, 9.17) is 4.52 Å². The Kier molecular flexibility index (Phi) is 1.01. The molecule has 1 fully saturated rings. The second kappa shape index (κ2) is 1.83. The van der Waals surface area contributed by atoms with Crippen LogP contribution in [0.3, 0.4) is 0 Å². The monoisotopic (exact) mass is 123 g/mol. The molecule has 1 aliphatic rings. The SMILES string of the molecule is [c]1nnoc1C1CCC1. The first-order valence-corrected chi connectivity index (χ1v) is 3.17. The minimum absolute atomic E-state index is 0.569. The molecule has 3 heteroatoms. The standard InChI is InChI=1S/C6H7N2O/c1-2-5(3-1)6-4-7-8-9-6/h5H,1-3H2. The van der Waals surface area contributed by atoms with Gasteiger partial charge in [-0.2, -0.15) is 0 Å². The molecule has 0 unspecified atom stereocenters. The van der Waals surface area contributed by atoms with Crippen LogP contribution in [-0.4, -0.2) is 10.4 Å². The maximum absolute atomic E-state index is 4.82. The third kappa shape index (κ3) is 0.724. The lowest BCUT2D eigenvalue weighted by Gasteiger charge is -2.20. The molecule has 3 nitrogen and oxygen atoms in total. The molecule has 0 amide bonds. The smallest absolute Gasteiger partial charge is 0.170 e. The van der Waals surface area contributed by atoms with Gasteiger partial charge in [0.25, 0.3) is 0 Å². The van der Waals surface area contributed by atoms with E-state index in [2.05, 4.69) is 16.6 Å². The number of aromatic nitrogens is 2. The molecule has 1 aromatic rings. The van der Waals surface area contributed by atoms with Crippen molar-refractivity contribution in [2.24, 2.45) is 0 Å². The first-order chi connectivity index (χ1) is 4.47. The van der Waals surface area contributed by atoms with E-state index < -0.39 is 0 Å². The third-order valence-electron chi connectivity index (χ3n) is 1.82. The van der Waals surface area contributed by atoms with Gasteiger partial charge in [-0.15, -0.1) is 5.10 Å². The normalized spacial score (nSPS) is 19.6. The van der Waals surface area contributed by atoms with Crippen LogP contribution in [0.15, 0.2) is 4.52 Å². The molecule has 0 saturated heterocycles. The number of hydrogen-bond acceptors (Lipinski definition) is 3. The van der Waals surface area contributed by atoms with Gasteiger partial charge in [-0.1, -0.05) is 6.42 Å². The summed E-state index contributed by atoms with van der Waals surface area (Å²) in [6.45, 7) is 0. The molecular weight excluding hydrogens is 116 g/mol. The summed E-state index contributed by atoms with van der Waals surface area (Å²) in [5, 5.41) is 6.83. The predicted octanol–water partition coefficient (Wildman–Crippen LogP) is 1.14. The quantitative estimate of drug-likeness (QED) is 0.562. The molecular formula is C6H7N2O. The van der Waals surface area contributed by atoms with Crippen molar-refractivity contribution in [3.63, 3.8) is 0 Å². The maximum Gasteiger partial charge on any atom is 0.170 e. The molecule has 0 spiro atoms. The lowest BCUT2D eigenvalue weighted by Crippen LogP contribution is -2.07. The van der Waals surface area contributed by atoms with Gasteiger partial charge < -0.3 is 4.52 Å². The van der Waals surface area contributed by atoms with E-state index in [1.807, 2.05) is 0 Å². The molecule has 9 heavy (non-hydrogen) atoms. The molecule has 1 heterocycles. The van der Waals surface area contributed by atoms with E-state index in [1.54, 1.807) is 0 Å². The van der Waals surface area contributed by atoms with Crippen LogP contribution in [-0.2, 0) is 0 Å². The summed E-state index contributed by atoms with van der Waals surface area (Å²) in [5.41, 5.74) is 0. The van der Waals surface area contributed by atoms with Crippen LogP contribution in [0.2, 0.25) is 0 Å². The van der Waals surface area contributed by atoms with Gasteiger partial charge >= 0.3 is 0 Å². The van der Waals surface area contributed by atoms with Crippen LogP contribution in [0.4, 0.5) is 0 Å². The fourth-order valence-electron chi connectivity index (χ4n) is 0.991. The Labute approximate surface area is 53.0 Å². The Morgan fingerprint density at radius 3 is 2.89 bits per heavy atom. The third-order valence-corrected chi connectivity index (χ3v) is 1.82. The fraction of sp³-hybridized carbons (Fsp3) is 0.667. The van der Waals surface area contributed by atoms with Crippen LogP contribution >= 0.6 is 0 Å². The average molecular weight is 123 g/mol. The minimum atomic E-state index is 0.569. The van der Waals surface area contributed by atoms with Crippen molar-refractivity contribution in [1.29, 1.82) is 0 Å². The Hall–Kier alpha value is -0.860. The van der Waals surface area contributed by atoms with Crippen molar-refractivity contribution in [3.8, 4) is 0 Å². The molecule has 47 valence electrons. The lowest BCUT2D eigenvalue weighted by atomic mass is 9.84. The molecule has 0 bridgehead atoms. The molecule has 0 N–H and O–H groups in total. The summed E-state index contributed by atoms with van der Waals surface area (Å²) in [5.74, 6) is 1.40. The van der Waals surface area contributed by atoms with Gasteiger partial charge in [0.1, 0.15) is 0 Å².